The number of para-hydroxylation sites is 1. The van der Waals surface area contributed by atoms with E-state index in [1.807, 2.05) is 30.3 Å². The molecule has 0 spiro atoms. The Morgan fingerprint density at radius 3 is 2.67 bits per heavy atom. The van der Waals surface area contributed by atoms with Crippen LogP contribution in [0.5, 0.6) is 5.75 Å². The number of nitrogens with one attached hydrogen (secondary N) is 1. The summed E-state index contributed by atoms with van der Waals surface area (Å²) in [6.45, 7) is 0. The Kier molecular flexibility index (Phi) is 5.73. The molecule has 112 valence electrons. The monoisotopic (exact) mass is 352 g/mol. The van der Waals surface area contributed by atoms with Gasteiger partial charge in [0.25, 0.3) is 0 Å². The fourth-order valence-corrected chi connectivity index (χ4v) is 2.85. The topological polar surface area (TPSA) is 47.3 Å². The molecule has 0 radical (unpaired) electrons. The SMILES string of the molecule is COc1ccccc1CC(Cc1cc(F)cc(Br)c1)NN. The second-order valence-corrected chi connectivity index (χ2v) is 5.78. The first-order valence-corrected chi connectivity index (χ1v) is 7.44. The van der Waals surface area contributed by atoms with Crippen LogP contribution in [0, 0.1) is 5.82 Å². The van der Waals surface area contributed by atoms with Gasteiger partial charge in [0.2, 0.25) is 0 Å². The van der Waals surface area contributed by atoms with Crippen LogP contribution in [0.1, 0.15) is 11.1 Å². The fraction of sp³-hybridized carbons (Fsp3) is 0.250. The van der Waals surface area contributed by atoms with E-state index in [9.17, 15) is 4.39 Å². The molecule has 5 heteroatoms. The molecule has 0 fully saturated rings. The second-order valence-electron chi connectivity index (χ2n) is 4.86. The standard InChI is InChI=1S/C16H18BrFN2O/c1-21-16-5-3-2-4-12(16)9-15(20-19)8-11-6-13(17)10-14(18)7-11/h2-7,10,15,20H,8-9,19H2,1H3. The number of methoxy groups -OCH3 is 1. The maximum absolute atomic E-state index is 13.4. The van der Waals surface area contributed by atoms with E-state index in [2.05, 4.69) is 21.4 Å². The third-order valence-corrected chi connectivity index (χ3v) is 3.76. The van der Waals surface area contributed by atoms with Crippen molar-refractivity contribution in [2.45, 2.75) is 18.9 Å². The Balaban J connectivity index is 2.13. The van der Waals surface area contributed by atoms with Crippen LogP contribution in [0.4, 0.5) is 4.39 Å². The number of halogens is 2. The van der Waals surface area contributed by atoms with Gasteiger partial charge < -0.3 is 4.74 Å². The summed E-state index contributed by atoms with van der Waals surface area (Å²) in [6.07, 6.45) is 1.33. The Bertz CT molecular complexity index is 586. The van der Waals surface area contributed by atoms with Gasteiger partial charge in [0.1, 0.15) is 11.6 Å². The van der Waals surface area contributed by atoms with E-state index in [1.165, 1.54) is 12.1 Å². The van der Waals surface area contributed by atoms with Crippen molar-refractivity contribution in [1.29, 1.82) is 0 Å². The number of nitrogens with two attached hydrogens (primary N) is 1. The lowest BCUT2D eigenvalue weighted by Crippen LogP contribution is -2.38. The van der Waals surface area contributed by atoms with E-state index < -0.39 is 0 Å². The van der Waals surface area contributed by atoms with E-state index in [-0.39, 0.29) is 11.9 Å². The Labute approximate surface area is 132 Å². The van der Waals surface area contributed by atoms with Gasteiger partial charge in [0.05, 0.1) is 7.11 Å². The minimum atomic E-state index is -0.257. The highest BCUT2D eigenvalue weighted by Gasteiger charge is 2.13. The number of hydrogen-bond acceptors (Lipinski definition) is 3. The van der Waals surface area contributed by atoms with Gasteiger partial charge in [0.15, 0.2) is 0 Å². The van der Waals surface area contributed by atoms with Crippen LogP contribution in [-0.2, 0) is 12.8 Å². The summed E-state index contributed by atoms with van der Waals surface area (Å²) in [5.74, 6) is 6.21. The quantitative estimate of drug-likeness (QED) is 0.619. The predicted octanol–water partition coefficient (Wildman–Crippen LogP) is 3.21. The molecule has 0 saturated carbocycles. The van der Waals surface area contributed by atoms with Crippen molar-refractivity contribution in [2.24, 2.45) is 5.84 Å². The van der Waals surface area contributed by atoms with Gasteiger partial charge in [-0.3, -0.25) is 11.3 Å². The van der Waals surface area contributed by atoms with E-state index in [1.54, 1.807) is 7.11 Å². The molecule has 21 heavy (non-hydrogen) atoms. The fourth-order valence-electron chi connectivity index (χ4n) is 2.34. The smallest absolute Gasteiger partial charge is 0.124 e. The maximum atomic E-state index is 13.4. The Morgan fingerprint density at radius 1 is 1.24 bits per heavy atom. The molecule has 0 aromatic heterocycles. The van der Waals surface area contributed by atoms with Crippen molar-refractivity contribution in [1.82, 2.24) is 5.43 Å². The first-order valence-electron chi connectivity index (χ1n) is 6.65. The van der Waals surface area contributed by atoms with Crippen molar-refractivity contribution in [3.8, 4) is 5.75 Å². The minimum absolute atomic E-state index is 0.00463. The first-order chi connectivity index (χ1) is 10.1. The van der Waals surface area contributed by atoms with E-state index in [0.29, 0.717) is 12.8 Å². The third-order valence-electron chi connectivity index (χ3n) is 3.30. The molecule has 0 heterocycles. The molecule has 2 rings (SSSR count). The molecular weight excluding hydrogens is 335 g/mol. The predicted molar refractivity (Wildman–Crippen MR) is 85.6 cm³/mol. The lowest BCUT2D eigenvalue weighted by molar-refractivity contribution is 0.404. The van der Waals surface area contributed by atoms with Crippen molar-refractivity contribution in [3.05, 3.63) is 63.9 Å². The third kappa shape index (κ3) is 4.52. The van der Waals surface area contributed by atoms with Crippen LogP contribution in [0.15, 0.2) is 46.9 Å². The zero-order chi connectivity index (χ0) is 15.2. The van der Waals surface area contributed by atoms with E-state index in [0.717, 1.165) is 21.3 Å². The van der Waals surface area contributed by atoms with E-state index >= 15 is 0 Å². The highest BCUT2D eigenvalue weighted by molar-refractivity contribution is 9.10. The van der Waals surface area contributed by atoms with Gasteiger partial charge >= 0.3 is 0 Å². The molecule has 2 aromatic carbocycles. The lowest BCUT2D eigenvalue weighted by atomic mass is 9.99. The molecule has 3 N–H and O–H groups in total. The molecule has 1 atom stereocenters. The van der Waals surface area contributed by atoms with Crippen LogP contribution in [-0.4, -0.2) is 13.2 Å². The zero-order valence-electron chi connectivity index (χ0n) is 11.8. The zero-order valence-corrected chi connectivity index (χ0v) is 13.4. The van der Waals surface area contributed by atoms with E-state index in [4.69, 9.17) is 10.6 Å². The van der Waals surface area contributed by atoms with Crippen molar-refractivity contribution in [2.75, 3.05) is 7.11 Å². The molecule has 0 amide bonds. The van der Waals surface area contributed by atoms with Crippen LogP contribution >= 0.6 is 15.9 Å². The lowest BCUT2D eigenvalue weighted by Gasteiger charge is -2.18. The minimum Gasteiger partial charge on any atom is -0.496 e. The first kappa shape index (κ1) is 15.9. The van der Waals surface area contributed by atoms with Gasteiger partial charge in [-0.1, -0.05) is 34.1 Å². The van der Waals surface area contributed by atoms with Gasteiger partial charge in [-0.05, 0) is 48.2 Å². The molecule has 0 saturated heterocycles. The normalized spacial score (nSPS) is 12.2. The molecular formula is C16H18BrFN2O. The van der Waals surface area contributed by atoms with Crippen LogP contribution in [0.3, 0.4) is 0 Å². The van der Waals surface area contributed by atoms with Gasteiger partial charge in [-0.15, -0.1) is 0 Å². The Morgan fingerprint density at radius 2 is 2.00 bits per heavy atom. The average Bonchev–Trinajstić information content (AvgIpc) is 2.46. The largest absolute Gasteiger partial charge is 0.496 e. The number of benzene rings is 2. The van der Waals surface area contributed by atoms with Crippen LogP contribution in [0.2, 0.25) is 0 Å². The maximum Gasteiger partial charge on any atom is 0.124 e. The number of hydrogen-bond donors (Lipinski definition) is 2. The average molecular weight is 353 g/mol. The van der Waals surface area contributed by atoms with Gasteiger partial charge in [-0.2, -0.15) is 0 Å². The number of ether oxygens (including phenoxy) is 1. The Hall–Kier alpha value is -1.43. The van der Waals surface area contributed by atoms with Crippen LogP contribution in [0.25, 0.3) is 0 Å². The molecule has 0 aliphatic rings. The molecule has 0 aliphatic carbocycles. The summed E-state index contributed by atoms with van der Waals surface area (Å²) >= 11 is 3.30. The summed E-state index contributed by atoms with van der Waals surface area (Å²) in [7, 11) is 1.65. The summed E-state index contributed by atoms with van der Waals surface area (Å²) in [6, 6.07) is 12.7. The molecule has 0 bridgehead atoms. The summed E-state index contributed by atoms with van der Waals surface area (Å²) in [5, 5.41) is 0. The van der Waals surface area contributed by atoms with Gasteiger partial charge in [-0.25, -0.2) is 4.39 Å². The highest BCUT2D eigenvalue weighted by atomic mass is 79.9. The summed E-state index contributed by atoms with van der Waals surface area (Å²) in [5.41, 5.74) is 4.75. The highest BCUT2D eigenvalue weighted by Crippen LogP contribution is 2.21. The molecule has 0 aliphatic heterocycles. The van der Waals surface area contributed by atoms with Gasteiger partial charge in [0, 0.05) is 10.5 Å². The van der Waals surface area contributed by atoms with Crippen molar-refractivity contribution >= 4 is 15.9 Å². The summed E-state index contributed by atoms with van der Waals surface area (Å²) < 4.78 is 19.5. The van der Waals surface area contributed by atoms with Crippen molar-refractivity contribution < 1.29 is 9.13 Å². The van der Waals surface area contributed by atoms with Crippen molar-refractivity contribution in [3.63, 3.8) is 0 Å². The van der Waals surface area contributed by atoms with Crippen LogP contribution < -0.4 is 16.0 Å². The second kappa shape index (κ2) is 7.54. The summed E-state index contributed by atoms with van der Waals surface area (Å²) in [4.78, 5) is 0. The number of rotatable bonds is 6. The molecule has 3 nitrogen and oxygen atoms in total. The molecule has 2 aromatic rings. The molecule has 1 unspecified atom stereocenters. The number of hydrazine groups is 1.